The van der Waals surface area contributed by atoms with Gasteiger partial charge in [-0.05, 0) is 84.7 Å². The molecule has 0 spiro atoms. The molecular weight excluding hydrogens is 403 g/mol. The smallest absolute Gasteiger partial charge is 0.338 e. The molecule has 2 rings (SSSR count). The zero-order valence-electron chi connectivity index (χ0n) is 13.0. The third kappa shape index (κ3) is 7.03. The monoisotopic (exact) mass is 424 g/mol. The summed E-state index contributed by atoms with van der Waals surface area (Å²) in [4.78, 5) is 11.8. The number of benzene rings is 2. The number of hydrogen-bond acceptors (Lipinski definition) is 3. The van der Waals surface area contributed by atoms with E-state index in [4.69, 9.17) is 9.47 Å². The predicted molar refractivity (Wildman–Crippen MR) is 99.8 cm³/mol. The number of rotatable bonds is 9. The number of carbonyl (C=O) groups is 1. The van der Waals surface area contributed by atoms with Crippen LogP contribution in [0.4, 0.5) is 0 Å². The molecule has 0 aliphatic heterocycles. The number of halogens is 1. The van der Waals surface area contributed by atoms with Crippen LogP contribution in [-0.4, -0.2) is 19.2 Å². The van der Waals surface area contributed by atoms with Crippen LogP contribution in [0.5, 0.6) is 5.75 Å². The second kappa shape index (κ2) is 10.3. The highest BCUT2D eigenvalue weighted by Gasteiger charge is 2.05. The van der Waals surface area contributed by atoms with E-state index in [-0.39, 0.29) is 5.97 Å². The van der Waals surface area contributed by atoms with E-state index >= 15 is 0 Å². The summed E-state index contributed by atoms with van der Waals surface area (Å²) >= 11 is 2.21. The van der Waals surface area contributed by atoms with Crippen LogP contribution in [-0.2, 0) is 4.74 Å². The largest absolute Gasteiger partial charge is 0.494 e. The molecule has 23 heavy (non-hydrogen) atoms. The van der Waals surface area contributed by atoms with Crippen molar-refractivity contribution in [2.75, 3.05) is 13.2 Å². The summed E-state index contributed by atoms with van der Waals surface area (Å²) in [6.07, 6.45) is 4.02. The maximum Gasteiger partial charge on any atom is 0.338 e. The average Bonchev–Trinajstić information content (AvgIpc) is 2.58. The molecule has 4 heteroatoms. The molecule has 0 aromatic heterocycles. The molecule has 0 saturated heterocycles. The Morgan fingerprint density at radius 2 is 1.48 bits per heavy atom. The van der Waals surface area contributed by atoms with Crippen molar-refractivity contribution < 1.29 is 14.3 Å². The highest BCUT2D eigenvalue weighted by atomic mass is 127. The standard InChI is InChI=1S/C19H21IO3/c20-17-12-10-16(11-13-17)19(21)23-15-7-2-1-6-14-22-18-8-4-3-5-9-18/h3-5,8-13H,1-2,6-7,14-15H2. The van der Waals surface area contributed by atoms with Gasteiger partial charge in [-0.2, -0.15) is 0 Å². The van der Waals surface area contributed by atoms with E-state index in [0.717, 1.165) is 41.6 Å². The van der Waals surface area contributed by atoms with Gasteiger partial charge in [0.15, 0.2) is 0 Å². The second-order valence-corrected chi connectivity index (χ2v) is 6.46. The SMILES string of the molecule is O=C(OCCCCCCOc1ccccc1)c1ccc(I)cc1. The maximum absolute atomic E-state index is 11.8. The van der Waals surface area contributed by atoms with Crippen LogP contribution in [0, 0.1) is 3.57 Å². The molecule has 0 bridgehead atoms. The van der Waals surface area contributed by atoms with Gasteiger partial charge in [-0.25, -0.2) is 4.79 Å². The van der Waals surface area contributed by atoms with Crippen molar-refractivity contribution in [1.82, 2.24) is 0 Å². The van der Waals surface area contributed by atoms with Gasteiger partial charge in [0, 0.05) is 3.57 Å². The molecule has 0 aliphatic rings. The number of esters is 1. The lowest BCUT2D eigenvalue weighted by Crippen LogP contribution is -2.06. The lowest BCUT2D eigenvalue weighted by atomic mass is 10.2. The summed E-state index contributed by atoms with van der Waals surface area (Å²) in [7, 11) is 0. The summed E-state index contributed by atoms with van der Waals surface area (Å²) in [5.41, 5.74) is 0.613. The van der Waals surface area contributed by atoms with Gasteiger partial charge in [-0.3, -0.25) is 0 Å². The Labute approximate surface area is 151 Å². The molecule has 3 nitrogen and oxygen atoms in total. The molecule has 0 unspecified atom stereocenters. The number of carbonyl (C=O) groups excluding carboxylic acids is 1. The van der Waals surface area contributed by atoms with Gasteiger partial charge < -0.3 is 9.47 Å². The number of ether oxygens (including phenoxy) is 2. The minimum absolute atomic E-state index is 0.242. The Balaban J connectivity index is 1.49. The summed E-state index contributed by atoms with van der Waals surface area (Å²) in [5, 5.41) is 0. The van der Waals surface area contributed by atoms with Crippen LogP contribution in [0.3, 0.4) is 0 Å². The second-order valence-electron chi connectivity index (χ2n) is 5.22. The predicted octanol–water partition coefficient (Wildman–Crippen LogP) is 5.09. The summed E-state index contributed by atoms with van der Waals surface area (Å²) in [6.45, 7) is 1.21. The van der Waals surface area contributed by atoms with Crippen LogP contribution < -0.4 is 4.74 Å². The molecule has 0 fully saturated rings. The van der Waals surface area contributed by atoms with Crippen LogP contribution in [0.1, 0.15) is 36.0 Å². The fourth-order valence-electron chi connectivity index (χ4n) is 2.10. The number of hydrogen-bond donors (Lipinski definition) is 0. The third-order valence-electron chi connectivity index (χ3n) is 3.36. The fourth-order valence-corrected chi connectivity index (χ4v) is 2.46. The Kier molecular flexibility index (Phi) is 7.93. The van der Waals surface area contributed by atoms with Crippen molar-refractivity contribution in [3.05, 3.63) is 63.7 Å². The third-order valence-corrected chi connectivity index (χ3v) is 4.08. The summed E-state index contributed by atoms with van der Waals surface area (Å²) in [6, 6.07) is 17.2. The van der Waals surface area contributed by atoms with Gasteiger partial charge in [-0.1, -0.05) is 18.2 Å². The van der Waals surface area contributed by atoms with E-state index in [1.54, 1.807) is 12.1 Å². The van der Waals surface area contributed by atoms with Crippen LogP contribution in [0.15, 0.2) is 54.6 Å². The van der Waals surface area contributed by atoms with Crippen molar-refractivity contribution >= 4 is 28.6 Å². The zero-order chi connectivity index (χ0) is 16.3. The van der Waals surface area contributed by atoms with Crippen LogP contribution >= 0.6 is 22.6 Å². The topological polar surface area (TPSA) is 35.5 Å². The Morgan fingerprint density at radius 1 is 0.826 bits per heavy atom. The van der Waals surface area contributed by atoms with Gasteiger partial charge in [0.25, 0.3) is 0 Å². The zero-order valence-corrected chi connectivity index (χ0v) is 15.2. The highest BCUT2D eigenvalue weighted by molar-refractivity contribution is 14.1. The van der Waals surface area contributed by atoms with Gasteiger partial charge >= 0.3 is 5.97 Å². The first kappa shape index (κ1) is 17.8. The van der Waals surface area contributed by atoms with Crippen molar-refractivity contribution in [2.24, 2.45) is 0 Å². The molecule has 0 heterocycles. The maximum atomic E-state index is 11.8. The van der Waals surface area contributed by atoms with Crippen molar-refractivity contribution in [3.63, 3.8) is 0 Å². The number of unbranched alkanes of at least 4 members (excludes halogenated alkanes) is 3. The van der Waals surface area contributed by atoms with E-state index in [0.29, 0.717) is 12.2 Å². The molecule has 122 valence electrons. The Bertz CT molecular complexity index is 581. The first-order chi connectivity index (χ1) is 11.3. The molecule has 0 amide bonds. The molecular formula is C19H21IO3. The minimum Gasteiger partial charge on any atom is -0.494 e. The van der Waals surface area contributed by atoms with Gasteiger partial charge in [0.05, 0.1) is 18.8 Å². The Hall–Kier alpha value is -1.56. The first-order valence-electron chi connectivity index (χ1n) is 7.86. The van der Waals surface area contributed by atoms with Gasteiger partial charge in [-0.15, -0.1) is 0 Å². The summed E-state index contributed by atoms with van der Waals surface area (Å²) < 4.78 is 12.0. The van der Waals surface area contributed by atoms with Gasteiger partial charge in [0.1, 0.15) is 5.75 Å². The fraction of sp³-hybridized carbons (Fsp3) is 0.316. The molecule has 0 N–H and O–H groups in total. The molecule has 2 aromatic carbocycles. The molecule has 0 saturated carbocycles. The number of para-hydroxylation sites is 1. The molecule has 2 aromatic rings. The van der Waals surface area contributed by atoms with Crippen molar-refractivity contribution in [2.45, 2.75) is 25.7 Å². The van der Waals surface area contributed by atoms with Crippen molar-refractivity contribution in [3.8, 4) is 5.75 Å². The molecule has 0 radical (unpaired) electrons. The van der Waals surface area contributed by atoms with E-state index in [1.165, 1.54) is 0 Å². The van der Waals surface area contributed by atoms with E-state index in [9.17, 15) is 4.79 Å². The highest BCUT2D eigenvalue weighted by Crippen LogP contribution is 2.10. The van der Waals surface area contributed by atoms with E-state index < -0.39 is 0 Å². The van der Waals surface area contributed by atoms with Crippen LogP contribution in [0.2, 0.25) is 0 Å². The van der Waals surface area contributed by atoms with Crippen molar-refractivity contribution in [1.29, 1.82) is 0 Å². The van der Waals surface area contributed by atoms with E-state index in [1.807, 2.05) is 42.5 Å². The quantitative estimate of drug-likeness (QED) is 0.320. The Morgan fingerprint density at radius 3 is 2.17 bits per heavy atom. The van der Waals surface area contributed by atoms with Gasteiger partial charge in [0.2, 0.25) is 0 Å². The lowest BCUT2D eigenvalue weighted by Gasteiger charge is -2.06. The average molecular weight is 424 g/mol. The summed E-state index contributed by atoms with van der Waals surface area (Å²) in [5.74, 6) is 0.674. The first-order valence-corrected chi connectivity index (χ1v) is 8.94. The normalized spacial score (nSPS) is 10.3. The van der Waals surface area contributed by atoms with E-state index in [2.05, 4.69) is 22.6 Å². The minimum atomic E-state index is -0.242. The molecule has 0 atom stereocenters. The molecule has 0 aliphatic carbocycles. The lowest BCUT2D eigenvalue weighted by molar-refractivity contribution is 0.0497. The van der Waals surface area contributed by atoms with Crippen LogP contribution in [0.25, 0.3) is 0 Å².